The van der Waals surface area contributed by atoms with E-state index in [1.165, 1.54) is 0 Å². The molecule has 0 aromatic carbocycles. The van der Waals surface area contributed by atoms with Crippen molar-refractivity contribution in [3.63, 3.8) is 0 Å². The average Bonchev–Trinajstić information content (AvgIpc) is 2.39. The van der Waals surface area contributed by atoms with E-state index in [1.54, 1.807) is 0 Å². The van der Waals surface area contributed by atoms with Crippen molar-refractivity contribution in [3.8, 4) is 0 Å². The Balaban J connectivity index is 2.45. The van der Waals surface area contributed by atoms with Gasteiger partial charge in [-0.25, -0.2) is 0 Å². The number of nitrogens with two attached hydrogens (primary N) is 1. The predicted molar refractivity (Wildman–Crippen MR) is 70.6 cm³/mol. The fraction of sp³-hybridized carbons (Fsp3) is 0.917. The largest absolute Gasteiger partial charge is 0.342 e. The molecule has 1 saturated heterocycles. The second-order valence-corrected chi connectivity index (χ2v) is 6.91. The second kappa shape index (κ2) is 5.92. The zero-order valence-corrected chi connectivity index (χ0v) is 11.5. The van der Waals surface area contributed by atoms with Crippen LogP contribution >= 0.6 is 11.8 Å². The predicted octanol–water partition coefficient (Wildman–Crippen LogP) is 1.86. The Labute approximate surface area is 103 Å². The maximum Gasteiger partial charge on any atom is 0.224 e. The van der Waals surface area contributed by atoms with Gasteiger partial charge in [-0.3, -0.25) is 4.79 Å². The molecule has 0 saturated carbocycles. The summed E-state index contributed by atoms with van der Waals surface area (Å²) >= 11 is 1.96. The quantitative estimate of drug-likeness (QED) is 0.824. The fourth-order valence-corrected chi connectivity index (χ4v) is 2.87. The topological polar surface area (TPSA) is 46.3 Å². The Morgan fingerprint density at radius 1 is 1.50 bits per heavy atom. The molecule has 0 aromatic heterocycles. The molecule has 0 spiro atoms. The van der Waals surface area contributed by atoms with E-state index < -0.39 is 0 Å². The third kappa shape index (κ3) is 4.34. The Kier molecular flexibility index (Phi) is 5.12. The van der Waals surface area contributed by atoms with Gasteiger partial charge in [0.1, 0.15) is 0 Å². The smallest absolute Gasteiger partial charge is 0.224 e. The van der Waals surface area contributed by atoms with Gasteiger partial charge in [0.2, 0.25) is 5.91 Å². The van der Waals surface area contributed by atoms with E-state index >= 15 is 0 Å². The molecule has 1 amide bonds. The number of hydrogen-bond acceptors (Lipinski definition) is 3. The van der Waals surface area contributed by atoms with Gasteiger partial charge in [-0.1, -0.05) is 20.8 Å². The molecule has 0 bridgehead atoms. The van der Waals surface area contributed by atoms with Crippen molar-refractivity contribution in [1.29, 1.82) is 0 Å². The van der Waals surface area contributed by atoms with Crippen LogP contribution in [0.25, 0.3) is 0 Å². The van der Waals surface area contributed by atoms with E-state index in [1.807, 2.05) is 23.6 Å². The summed E-state index contributed by atoms with van der Waals surface area (Å²) in [4.78, 5) is 14.0. The normalized spacial score (nSPS) is 22.6. The maximum absolute atomic E-state index is 12.0. The molecule has 1 atom stereocenters. The molecule has 16 heavy (non-hydrogen) atoms. The SMILES string of the molecule is CCC(N)CC(=O)N1CCSC(C)(C)CC1. The summed E-state index contributed by atoms with van der Waals surface area (Å²) in [5.41, 5.74) is 5.82. The lowest BCUT2D eigenvalue weighted by molar-refractivity contribution is -0.131. The minimum atomic E-state index is 0.0245. The van der Waals surface area contributed by atoms with Gasteiger partial charge < -0.3 is 10.6 Å². The van der Waals surface area contributed by atoms with Crippen LogP contribution in [0.3, 0.4) is 0 Å². The molecule has 1 unspecified atom stereocenters. The van der Waals surface area contributed by atoms with Gasteiger partial charge in [0.05, 0.1) is 0 Å². The van der Waals surface area contributed by atoms with Crippen LogP contribution in [-0.4, -0.2) is 40.4 Å². The minimum absolute atomic E-state index is 0.0245. The van der Waals surface area contributed by atoms with Crippen molar-refractivity contribution in [1.82, 2.24) is 4.90 Å². The molecule has 4 heteroatoms. The number of hydrogen-bond donors (Lipinski definition) is 1. The number of carbonyl (C=O) groups excluding carboxylic acids is 1. The highest BCUT2D eigenvalue weighted by Crippen LogP contribution is 2.30. The molecule has 1 aliphatic heterocycles. The van der Waals surface area contributed by atoms with Gasteiger partial charge in [0, 0.05) is 36.1 Å². The van der Waals surface area contributed by atoms with Gasteiger partial charge in [-0.2, -0.15) is 11.8 Å². The Morgan fingerprint density at radius 3 is 2.81 bits per heavy atom. The van der Waals surface area contributed by atoms with Crippen LogP contribution < -0.4 is 5.73 Å². The van der Waals surface area contributed by atoms with Crippen molar-refractivity contribution in [3.05, 3.63) is 0 Å². The molecule has 2 N–H and O–H groups in total. The Bertz CT molecular complexity index is 243. The molecule has 94 valence electrons. The van der Waals surface area contributed by atoms with E-state index in [0.29, 0.717) is 11.2 Å². The lowest BCUT2D eigenvalue weighted by Crippen LogP contribution is -2.37. The summed E-state index contributed by atoms with van der Waals surface area (Å²) in [5, 5.41) is 0. The number of nitrogens with zero attached hydrogens (tertiary/aromatic N) is 1. The van der Waals surface area contributed by atoms with Gasteiger partial charge >= 0.3 is 0 Å². The van der Waals surface area contributed by atoms with E-state index in [0.717, 1.165) is 31.7 Å². The summed E-state index contributed by atoms with van der Waals surface area (Å²) in [6.07, 6.45) is 2.45. The Hall–Kier alpha value is -0.220. The van der Waals surface area contributed by atoms with Crippen LogP contribution in [0.5, 0.6) is 0 Å². The highest BCUT2D eigenvalue weighted by Gasteiger charge is 2.26. The van der Waals surface area contributed by atoms with Crippen molar-refractivity contribution in [2.24, 2.45) is 5.73 Å². The van der Waals surface area contributed by atoms with Crippen molar-refractivity contribution in [2.45, 2.75) is 50.8 Å². The van der Waals surface area contributed by atoms with Crippen LogP contribution in [0, 0.1) is 0 Å². The summed E-state index contributed by atoms with van der Waals surface area (Å²) in [6, 6.07) is 0.0245. The second-order valence-electron chi connectivity index (χ2n) is 5.11. The van der Waals surface area contributed by atoms with Crippen LogP contribution in [-0.2, 0) is 4.79 Å². The monoisotopic (exact) mass is 244 g/mol. The highest BCUT2D eigenvalue weighted by atomic mass is 32.2. The summed E-state index contributed by atoms with van der Waals surface area (Å²) < 4.78 is 0.307. The van der Waals surface area contributed by atoms with Gasteiger partial charge in [0.25, 0.3) is 0 Å². The standard InChI is InChI=1S/C12H24N2OS/c1-4-10(13)9-11(15)14-6-5-12(2,3)16-8-7-14/h10H,4-9,13H2,1-3H3. The molecule has 0 aliphatic carbocycles. The first-order chi connectivity index (χ1) is 7.44. The molecular formula is C12H24N2OS. The first kappa shape index (κ1) is 13.8. The molecule has 1 aliphatic rings. The average molecular weight is 244 g/mol. The zero-order chi connectivity index (χ0) is 12.2. The van der Waals surface area contributed by atoms with Crippen LogP contribution in [0.15, 0.2) is 0 Å². The minimum Gasteiger partial charge on any atom is -0.342 e. The van der Waals surface area contributed by atoms with Gasteiger partial charge in [0.15, 0.2) is 0 Å². The summed E-state index contributed by atoms with van der Waals surface area (Å²) in [6.45, 7) is 8.30. The first-order valence-corrected chi connectivity index (χ1v) is 7.10. The van der Waals surface area contributed by atoms with Crippen LogP contribution in [0.4, 0.5) is 0 Å². The van der Waals surface area contributed by atoms with E-state index in [9.17, 15) is 4.79 Å². The molecule has 0 aromatic rings. The summed E-state index contributed by atoms with van der Waals surface area (Å²) in [5.74, 6) is 1.27. The maximum atomic E-state index is 12.0. The molecule has 3 nitrogen and oxygen atoms in total. The molecule has 1 rings (SSSR count). The molecular weight excluding hydrogens is 220 g/mol. The number of amides is 1. The van der Waals surface area contributed by atoms with Crippen molar-refractivity contribution >= 4 is 17.7 Å². The van der Waals surface area contributed by atoms with Crippen LogP contribution in [0.1, 0.15) is 40.0 Å². The first-order valence-electron chi connectivity index (χ1n) is 6.12. The molecule has 1 fully saturated rings. The van der Waals surface area contributed by atoms with Crippen molar-refractivity contribution in [2.75, 3.05) is 18.8 Å². The lowest BCUT2D eigenvalue weighted by Gasteiger charge is -2.23. The van der Waals surface area contributed by atoms with Crippen LogP contribution in [0.2, 0.25) is 0 Å². The van der Waals surface area contributed by atoms with E-state index in [4.69, 9.17) is 5.73 Å². The summed E-state index contributed by atoms with van der Waals surface area (Å²) in [7, 11) is 0. The number of carbonyl (C=O) groups is 1. The molecule has 1 heterocycles. The van der Waals surface area contributed by atoms with Crippen molar-refractivity contribution < 1.29 is 4.79 Å². The van der Waals surface area contributed by atoms with E-state index in [-0.39, 0.29) is 11.9 Å². The van der Waals surface area contributed by atoms with Gasteiger partial charge in [-0.15, -0.1) is 0 Å². The third-order valence-electron chi connectivity index (χ3n) is 3.15. The number of rotatable bonds is 3. The third-order valence-corrected chi connectivity index (χ3v) is 4.52. The zero-order valence-electron chi connectivity index (χ0n) is 10.7. The lowest BCUT2D eigenvalue weighted by atomic mass is 10.1. The fourth-order valence-electron chi connectivity index (χ4n) is 1.77. The van der Waals surface area contributed by atoms with Gasteiger partial charge in [-0.05, 0) is 12.8 Å². The Morgan fingerprint density at radius 2 is 2.19 bits per heavy atom. The molecule has 0 radical (unpaired) electrons. The number of thioether (sulfide) groups is 1. The highest BCUT2D eigenvalue weighted by molar-refractivity contribution is 8.00. The van der Waals surface area contributed by atoms with E-state index in [2.05, 4.69) is 13.8 Å².